The smallest absolute Gasteiger partial charge is 0.224 e. The van der Waals surface area contributed by atoms with E-state index < -0.39 is 0 Å². The first-order valence-corrected chi connectivity index (χ1v) is 6.42. The zero-order chi connectivity index (χ0) is 13.0. The Labute approximate surface area is 119 Å². The molecule has 0 saturated carbocycles. The van der Waals surface area contributed by atoms with Crippen molar-refractivity contribution >= 4 is 24.0 Å². The van der Waals surface area contributed by atoms with E-state index in [1.54, 1.807) is 19.1 Å². The second kappa shape index (κ2) is 7.46. The fourth-order valence-electron chi connectivity index (χ4n) is 2.19. The van der Waals surface area contributed by atoms with Crippen molar-refractivity contribution in [2.45, 2.75) is 26.2 Å². The normalized spacial score (nSPS) is 17.9. The summed E-state index contributed by atoms with van der Waals surface area (Å²) in [5, 5.41) is 6.01. The summed E-state index contributed by atoms with van der Waals surface area (Å²) in [4.78, 5) is 11.7. The van der Waals surface area contributed by atoms with Crippen molar-refractivity contribution in [1.29, 1.82) is 0 Å². The third-order valence-corrected chi connectivity index (χ3v) is 3.40. The number of carbonyl (C=O) groups is 1. The molecule has 1 aliphatic rings. The Morgan fingerprint density at radius 2 is 2.32 bits per heavy atom. The van der Waals surface area contributed by atoms with Crippen LogP contribution < -0.4 is 10.6 Å². The Hall–Kier alpha value is -1.13. The molecule has 0 aliphatic carbocycles. The molecular weight excluding hydrogens is 267 g/mol. The number of rotatable bonds is 4. The second-order valence-electron chi connectivity index (χ2n) is 4.91. The molecule has 2 N–H and O–H groups in total. The van der Waals surface area contributed by atoms with Crippen LogP contribution in [0.4, 0.5) is 10.1 Å². The Morgan fingerprint density at radius 1 is 1.53 bits per heavy atom. The maximum absolute atomic E-state index is 13.3. The molecule has 1 saturated heterocycles. The molecule has 1 aromatic rings. The van der Waals surface area contributed by atoms with Crippen molar-refractivity contribution in [3.8, 4) is 0 Å². The lowest BCUT2D eigenvalue weighted by atomic mass is 10.0. The van der Waals surface area contributed by atoms with Crippen LogP contribution >= 0.6 is 12.4 Å². The summed E-state index contributed by atoms with van der Waals surface area (Å²) in [6.45, 7) is 3.76. The fraction of sp³-hybridized carbons (Fsp3) is 0.500. The van der Waals surface area contributed by atoms with Gasteiger partial charge in [-0.2, -0.15) is 0 Å². The van der Waals surface area contributed by atoms with Gasteiger partial charge in [-0.1, -0.05) is 6.07 Å². The van der Waals surface area contributed by atoms with Crippen LogP contribution in [0.15, 0.2) is 18.2 Å². The predicted molar refractivity (Wildman–Crippen MR) is 77.2 cm³/mol. The highest BCUT2D eigenvalue weighted by Gasteiger charge is 2.15. The van der Waals surface area contributed by atoms with Gasteiger partial charge < -0.3 is 10.6 Å². The molecule has 19 heavy (non-hydrogen) atoms. The zero-order valence-corrected chi connectivity index (χ0v) is 11.9. The third-order valence-electron chi connectivity index (χ3n) is 3.40. The summed E-state index contributed by atoms with van der Waals surface area (Å²) >= 11 is 0. The average molecular weight is 287 g/mol. The van der Waals surface area contributed by atoms with E-state index in [2.05, 4.69) is 10.6 Å². The molecule has 1 unspecified atom stereocenters. The minimum atomic E-state index is -0.284. The number of halogens is 2. The number of hydrogen-bond acceptors (Lipinski definition) is 2. The van der Waals surface area contributed by atoms with Crippen LogP contribution in [-0.4, -0.2) is 19.0 Å². The van der Waals surface area contributed by atoms with Gasteiger partial charge in [0.05, 0.1) is 0 Å². The van der Waals surface area contributed by atoms with E-state index in [0.29, 0.717) is 23.6 Å². The van der Waals surface area contributed by atoms with Crippen molar-refractivity contribution in [1.82, 2.24) is 5.32 Å². The minimum Gasteiger partial charge on any atom is -0.326 e. The first-order chi connectivity index (χ1) is 8.65. The number of anilines is 1. The second-order valence-corrected chi connectivity index (χ2v) is 4.91. The van der Waals surface area contributed by atoms with E-state index in [-0.39, 0.29) is 24.1 Å². The van der Waals surface area contributed by atoms with Crippen molar-refractivity contribution < 1.29 is 9.18 Å². The van der Waals surface area contributed by atoms with Crippen LogP contribution in [-0.2, 0) is 4.79 Å². The van der Waals surface area contributed by atoms with Crippen LogP contribution in [0.1, 0.15) is 24.8 Å². The van der Waals surface area contributed by atoms with Crippen LogP contribution in [0.3, 0.4) is 0 Å². The molecule has 1 atom stereocenters. The van der Waals surface area contributed by atoms with Gasteiger partial charge in [-0.25, -0.2) is 4.39 Å². The molecule has 0 radical (unpaired) electrons. The molecule has 0 spiro atoms. The van der Waals surface area contributed by atoms with Crippen LogP contribution in [0.2, 0.25) is 0 Å². The fourth-order valence-corrected chi connectivity index (χ4v) is 2.19. The van der Waals surface area contributed by atoms with Gasteiger partial charge in [0.1, 0.15) is 5.82 Å². The lowest BCUT2D eigenvalue weighted by molar-refractivity contribution is -0.116. The minimum absolute atomic E-state index is 0. The van der Waals surface area contributed by atoms with Gasteiger partial charge in [0.25, 0.3) is 0 Å². The highest BCUT2D eigenvalue weighted by Crippen LogP contribution is 2.17. The Bertz CT molecular complexity index is 433. The molecule has 1 fully saturated rings. The number of aryl methyl sites for hydroxylation is 1. The van der Waals surface area contributed by atoms with E-state index in [0.717, 1.165) is 25.9 Å². The first-order valence-electron chi connectivity index (χ1n) is 6.42. The number of carbonyl (C=O) groups excluding carboxylic acids is 1. The van der Waals surface area contributed by atoms with Crippen LogP contribution in [0.5, 0.6) is 0 Å². The van der Waals surface area contributed by atoms with E-state index in [9.17, 15) is 9.18 Å². The Kier molecular flexibility index (Phi) is 6.25. The zero-order valence-electron chi connectivity index (χ0n) is 11.0. The Balaban J connectivity index is 0.00000180. The number of nitrogens with one attached hydrogen (secondary N) is 2. The molecule has 3 nitrogen and oxygen atoms in total. The van der Waals surface area contributed by atoms with Gasteiger partial charge in [0.15, 0.2) is 0 Å². The highest BCUT2D eigenvalue weighted by atomic mass is 35.5. The SMILES string of the molecule is Cc1ccc(NC(=O)CCC2CCNC2)cc1F.Cl. The lowest BCUT2D eigenvalue weighted by Crippen LogP contribution is -2.15. The first kappa shape index (κ1) is 15.9. The van der Waals surface area contributed by atoms with Crippen LogP contribution in [0, 0.1) is 18.7 Å². The molecule has 1 heterocycles. The maximum Gasteiger partial charge on any atom is 0.224 e. The standard InChI is InChI=1S/C14H19FN2O.ClH/c1-10-2-4-12(8-13(10)15)17-14(18)5-3-11-6-7-16-9-11;/h2,4,8,11,16H,3,5-7,9H2,1H3,(H,17,18);1H. The molecule has 1 aliphatic heterocycles. The summed E-state index contributed by atoms with van der Waals surface area (Å²) in [7, 11) is 0. The molecule has 1 aromatic carbocycles. The average Bonchev–Trinajstić information content (AvgIpc) is 2.84. The summed E-state index contributed by atoms with van der Waals surface area (Å²) in [6, 6.07) is 4.77. The number of amides is 1. The topological polar surface area (TPSA) is 41.1 Å². The van der Waals surface area contributed by atoms with Crippen molar-refractivity contribution in [2.24, 2.45) is 5.92 Å². The largest absolute Gasteiger partial charge is 0.326 e. The van der Waals surface area contributed by atoms with E-state index in [1.807, 2.05) is 0 Å². The summed E-state index contributed by atoms with van der Waals surface area (Å²) in [5.41, 5.74) is 1.12. The van der Waals surface area contributed by atoms with E-state index in [4.69, 9.17) is 0 Å². The van der Waals surface area contributed by atoms with Crippen LogP contribution in [0.25, 0.3) is 0 Å². The molecule has 2 rings (SSSR count). The van der Waals surface area contributed by atoms with E-state index in [1.165, 1.54) is 6.07 Å². The lowest BCUT2D eigenvalue weighted by Gasteiger charge is -2.09. The van der Waals surface area contributed by atoms with Gasteiger partial charge in [0, 0.05) is 12.1 Å². The summed E-state index contributed by atoms with van der Waals surface area (Å²) in [6.07, 6.45) is 2.54. The number of hydrogen-bond donors (Lipinski definition) is 2. The monoisotopic (exact) mass is 286 g/mol. The molecular formula is C14H20ClFN2O. The molecule has 0 bridgehead atoms. The molecule has 1 amide bonds. The van der Waals surface area contributed by atoms with Crippen molar-refractivity contribution in [3.05, 3.63) is 29.6 Å². The van der Waals surface area contributed by atoms with Crippen molar-refractivity contribution in [2.75, 3.05) is 18.4 Å². The summed E-state index contributed by atoms with van der Waals surface area (Å²) < 4.78 is 13.3. The predicted octanol–water partition coefficient (Wildman–Crippen LogP) is 2.88. The van der Waals surface area contributed by atoms with Gasteiger partial charge in [-0.3, -0.25) is 4.79 Å². The number of benzene rings is 1. The molecule has 5 heteroatoms. The molecule has 106 valence electrons. The van der Waals surface area contributed by atoms with E-state index >= 15 is 0 Å². The molecule has 0 aromatic heterocycles. The third kappa shape index (κ3) is 4.80. The van der Waals surface area contributed by atoms with Crippen molar-refractivity contribution in [3.63, 3.8) is 0 Å². The van der Waals surface area contributed by atoms with Gasteiger partial charge in [-0.15, -0.1) is 12.4 Å². The summed E-state index contributed by atoms with van der Waals surface area (Å²) in [5.74, 6) is 0.281. The van der Waals surface area contributed by atoms with Gasteiger partial charge in [0.2, 0.25) is 5.91 Å². The highest BCUT2D eigenvalue weighted by molar-refractivity contribution is 5.90. The van der Waals surface area contributed by atoms with Gasteiger partial charge in [-0.05, 0) is 56.5 Å². The quantitative estimate of drug-likeness (QED) is 0.894. The van der Waals surface area contributed by atoms with Gasteiger partial charge >= 0.3 is 0 Å². The maximum atomic E-state index is 13.3. The Morgan fingerprint density at radius 3 is 2.95 bits per heavy atom.